The van der Waals surface area contributed by atoms with Crippen molar-refractivity contribution in [2.45, 2.75) is 64.9 Å². The summed E-state index contributed by atoms with van der Waals surface area (Å²) in [6.45, 7) is 9.94. The van der Waals surface area contributed by atoms with Gasteiger partial charge in [0, 0.05) is 31.7 Å². The minimum Gasteiger partial charge on any atom is -0.396 e. The molecule has 4 heteroatoms. The van der Waals surface area contributed by atoms with Crippen LogP contribution in [0.5, 0.6) is 0 Å². The fraction of sp³-hybridized carbons (Fsp3) is 0.714. The van der Waals surface area contributed by atoms with Crippen LogP contribution in [0.25, 0.3) is 0 Å². The number of benzene rings is 1. The molecule has 1 aromatic carbocycles. The lowest BCUT2D eigenvalue weighted by atomic mass is 9.82. The first-order chi connectivity index (χ1) is 12.0. The van der Waals surface area contributed by atoms with Gasteiger partial charge in [0.1, 0.15) is 0 Å². The van der Waals surface area contributed by atoms with Gasteiger partial charge in [-0.05, 0) is 36.8 Å². The van der Waals surface area contributed by atoms with Crippen LogP contribution >= 0.6 is 0 Å². The summed E-state index contributed by atoms with van der Waals surface area (Å²) in [5, 5.41) is 12.8. The van der Waals surface area contributed by atoms with Gasteiger partial charge in [-0.25, -0.2) is 0 Å². The van der Waals surface area contributed by atoms with Crippen LogP contribution in [0.2, 0.25) is 0 Å². The van der Waals surface area contributed by atoms with Crippen LogP contribution in [-0.2, 0) is 11.3 Å². The van der Waals surface area contributed by atoms with E-state index in [4.69, 9.17) is 9.84 Å². The zero-order chi connectivity index (χ0) is 17.9. The molecule has 2 saturated heterocycles. The zero-order valence-electron chi connectivity index (χ0n) is 15.9. The molecule has 2 fully saturated rings. The number of hydrogen-bond donors (Lipinski definition) is 2. The summed E-state index contributed by atoms with van der Waals surface area (Å²) in [5.74, 6) is 0.528. The highest BCUT2D eigenvalue weighted by molar-refractivity contribution is 5.16. The van der Waals surface area contributed by atoms with E-state index < -0.39 is 0 Å². The van der Waals surface area contributed by atoms with E-state index in [1.54, 1.807) is 0 Å². The van der Waals surface area contributed by atoms with Crippen molar-refractivity contribution in [1.29, 1.82) is 0 Å². The van der Waals surface area contributed by atoms with Gasteiger partial charge in [0.15, 0.2) is 0 Å². The van der Waals surface area contributed by atoms with Crippen LogP contribution < -0.4 is 5.32 Å². The first-order valence-corrected chi connectivity index (χ1v) is 9.76. The number of aliphatic hydroxyl groups excluding tert-OH is 1. The number of piperidine rings is 1. The molecule has 4 nitrogen and oxygen atoms in total. The standard InChI is InChI=1S/C21H34N2O2/c1-21(2,3)19-14-17-18(25-13-7-12-24)10-11-22-20(17)23(19)15-16-8-5-4-6-9-16/h4-6,8-9,17-20,22,24H,7,10-15H2,1-3H3. The van der Waals surface area contributed by atoms with E-state index in [0.717, 1.165) is 25.9 Å². The highest BCUT2D eigenvalue weighted by Crippen LogP contribution is 2.43. The SMILES string of the molecule is CC(C)(C)C1CC2C(OCCCO)CCNC2N1Cc1ccccc1. The fourth-order valence-electron chi connectivity index (χ4n) is 4.53. The van der Waals surface area contributed by atoms with E-state index in [1.807, 2.05) is 0 Å². The molecule has 3 rings (SSSR count). The van der Waals surface area contributed by atoms with Gasteiger partial charge in [-0.2, -0.15) is 0 Å². The summed E-state index contributed by atoms with van der Waals surface area (Å²) < 4.78 is 6.17. The summed E-state index contributed by atoms with van der Waals surface area (Å²) in [6, 6.07) is 11.3. The average molecular weight is 347 g/mol. The monoisotopic (exact) mass is 346 g/mol. The lowest BCUT2D eigenvalue weighted by Gasteiger charge is -2.40. The van der Waals surface area contributed by atoms with Crippen molar-refractivity contribution in [1.82, 2.24) is 10.2 Å². The molecule has 140 valence electrons. The second-order valence-corrected chi connectivity index (χ2v) is 8.61. The lowest BCUT2D eigenvalue weighted by Crippen LogP contribution is -2.54. The molecule has 2 aliphatic rings. The molecule has 0 bridgehead atoms. The molecule has 0 amide bonds. The third-order valence-electron chi connectivity index (χ3n) is 5.76. The fourth-order valence-corrected chi connectivity index (χ4v) is 4.53. The molecule has 2 N–H and O–H groups in total. The van der Waals surface area contributed by atoms with E-state index in [-0.39, 0.29) is 12.0 Å². The van der Waals surface area contributed by atoms with Gasteiger partial charge in [-0.1, -0.05) is 51.1 Å². The summed E-state index contributed by atoms with van der Waals surface area (Å²) in [7, 11) is 0. The summed E-state index contributed by atoms with van der Waals surface area (Å²) in [4.78, 5) is 2.67. The van der Waals surface area contributed by atoms with Crippen LogP contribution in [0.15, 0.2) is 30.3 Å². The van der Waals surface area contributed by atoms with Crippen molar-refractivity contribution in [2.24, 2.45) is 11.3 Å². The number of nitrogens with zero attached hydrogens (tertiary/aromatic N) is 1. The second kappa shape index (κ2) is 8.17. The molecule has 2 aliphatic heterocycles. The van der Waals surface area contributed by atoms with Gasteiger partial charge in [0.25, 0.3) is 0 Å². The first kappa shape index (κ1) is 18.8. The third-order valence-corrected chi connectivity index (χ3v) is 5.76. The van der Waals surface area contributed by atoms with Crippen molar-refractivity contribution in [3.63, 3.8) is 0 Å². The third kappa shape index (κ3) is 4.43. The molecular weight excluding hydrogens is 312 g/mol. The largest absolute Gasteiger partial charge is 0.396 e. The van der Waals surface area contributed by atoms with Gasteiger partial charge < -0.3 is 15.2 Å². The van der Waals surface area contributed by atoms with Crippen LogP contribution in [0, 0.1) is 11.3 Å². The highest BCUT2D eigenvalue weighted by Gasteiger charge is 2.49. The van der Waals surface area contributed by atoms with E-state index in [9.17, 15) is 0 Å². The quantitative estimate of drug-likeness (QED) is 0.777. The number of ether oxygens (including phenoxy) is 1. The number of fused-ring (bicyclic) bond motifs is 1. The van der Waals surface area contributed by atoms with E-state index in [0.29, 0.717) is 30.8 Å². The Morgan fingerprint density at radius 2 is 2.00 bits per heavy atom. The van der Waals surface area contributed by atoms with Crippen molar-refractivity contribution in [3.05, 3.63) is 35.9 Å². The molecular formula is C21H34N2O2. The van der Waals surface area contributed by atoms with Gasteiger partial charge in [0.2, 0.25) is 0 Å². The predicted molar refractivity (Wildman–Crippen MR) is 101 cm³/mol. The molecule has 0 radical (unpaired) electrons. The van der Waals surface area contributed by atoms with Gasteiger partial charge in [-0.15, -0.1) is 0 Å². The molecule has 4 unspecified atom stereocenters. The smallest absolute Gasteiger partial charge is 0.0657 e. The van der Waals surface area contributed by atoms with Crippen molar-refractivity contribution < 1.29 is 9.84 Å². The molecule has 4 atom stereocenters. The minimum absolute atomic E-state index is 0.212. The maximum Gasteiger partial charge on any atom is 0.0657 e. The molecule has 25 heavy (non-hydrogen) atoms. The van der Waals surface area contributed by atoms with E-state index in [2.05, 4.69) is 61.3 Å². The van der Waals surface area contributed by atoms with Gasteiger partial charge >= 0.3 is 0 Å². The van der Waals surface area contributed by atoms with Gasteiger partial charge in [-0.3, -0.25) is 4.90 Å². The van der Waals surface area contributed by atoms with Gasteiger partial charge in [0.05, 0.1) is 12.3 Å². The maximum absolute atomic E-state index is 9.04. The maximum atomic E-state index is 9.04. The average Bonchev–Trinajstić information content (AvgIpc) is 2.96. The van der Waals surface area contributed by atoms with Crippen LogP contribution in [0.4, 0.5) is 0 Å². The van der Waals surface area contributed by atoms with Crippen LogP contribution in [0.3, 0.4) is 0 Å². The van der Waals surface area contributed by atoms with Crippen molar-refractivity contribution in [2.75, 3.05) is 19.8 Å². The van der Waals surface area contributed by atoms with Crippen molar-refractivity contribution >= 4 is 0 Å². The number of likely N-dealkylation sites (tertiary alicyclic amines) is 1. The Balaban J connectivity index is 1.77. The molecule has 2 heterocycles. The number of aliphatic hydroxyl groups is 1. The number of rotatable bonds is 6. The van der Waals surface area contributed by atoms with E-state index in [1.165, 1.54) is 12.0 Å². The Labute approximate surface area is 152 Å². The Morgan fingerprint density at radius 1 is 1.24 bits per heavy atom. The second-order valence-electron chi connectivity index (χ2n) is 8.61. The number of hydrogen-bond acceptors (Lipinski definition) is 4. The summed E-state index contributed by atoms with van der Waals surface area (Å²) >= 11 is 0. The lowest BCUT2D eigenvalue weighted by molar-refractivity contribution is -0.0344. The normalized spacial score (nSPS) is 30.4. The van der Waals surface area contributed by atoms with Crippen molar-refractivity contribution in [3.8, 4) is 0 Å². The van der Waals surface area contributed by atoms with E-state index >= 15 is 0 Å². The molecule has 1 aromatic rings. The molecule has 0 spiro atoms. The Hall–Kier alpha value is -0.940. The Kier molecular flexibility index (Phi) is 6.16. The first-order valence-electron chi connectivity index (χ1n) is 9.76. The number of nitrogens with one attached hydrogen (secondary N) is 1. The highest BCUT2D eigenvalue weighted by atomic mass is 16.5. The predicted octanol–water partition coefficient (Wildman–Crippen LogP) is 3.01. The molecule has 0 aromatic heterocycles. The Morgan fingerprint density at radius 3 is 2.68 bits per heavy atom. The molecule has 0 aliphatic carbocycles. The summed E-state index contributed by atoms with van der Waals surface area (Å²) in [6.07, 6.45) is 3.68. The zero-order valence-corrected chi connectivity index (χ0v) is 15.9. The minimum atomic E-state index is 0.212. The van der Waals surface area contributed by atoms with Crippen LogP contribution in [0.1, 0.15) is 45.6 Å². The summed E-state index contributed by atoms with van der Waals surface area (Å²) in [5.41, 5.74) is 1.62. The Bertz CT molecular complexity index is 528. The van der Waals surface area contributed by atoms with Crippen LogP contribution in [-0.4, -0.2) is 48.1 Å². The molecule has 0 saturated carbocycles. The topological polar surface area (TPSA) is 44.7 Å².